The van der Waals surface area contributed by atoms with Crippen LogP contribution in [0.4, 0.5) is 8.78 Å². The van der Waals surface area contributed by atoms with Gasteiger partial charge in [-0.2, -0.15) is 13.9 Å². The van der Waals surface area contributed by atoms with E-state index in [0.717, 1.165) is 4.68 Å². The number of fused-ring (bicyclic) bond motifs is 1. The first-order valence-corrected chi connectivity index (χ1v) is 8.83. The molecule has 3 rings (SSSR count). The molecule has 1 atom stereocenters. The van der Waals surface area contributed by atoms with Crippen LogP contribution in [-0.4, -0.2) is 43.4 Å². The first-order valence-electron chi connectivity index (χ1n) is 8.83. The van der Waals surface area contributed by atoms with E-state index in [2.05, 4.69) is 20.4 Å². The van der Waals surface area contributed by atoms with Gasteiger partial charge in [0.2, 0.25) is 0 Å². The third-order valence-electron chi connectivity index (χ3n) is 4.76. The van der Waals surface area contributed by atoms with Gasteiger partial charge < -0.3 is 10.4 Å². The summed E-state index contributed by atoms with van der Waals surface area (Å²) in [5, 5.41) is 16.5. The number of hydrogen-bond donors (Lipinski definition) is 2. The number of nitrogens with zero attached hydrogens (tertiary/aromatic N) is 4. The number of nitrogens with one attached hydrogen (secondary N) is 1. The van der Waals surface area contributed by atoms with Crippen LogP contribution < -0.4 is 5.32 Å². The number of amides is 1. The van der Waals surface area contributed by atoms with Crippen molar-refractivity contribution in [1.29, 1.82) is 0 Å². The highest BCUT2D eigenvalue weighted by molar-refractivity contribution is 5.94. The lowest BCUT2D eigenvalue weighted by Crippen LogP contribution is -2.46. The van der Waals surface area contributed by atoms with Gasteiger partial charge in [-0.1, -0.05) is 20.8 Å². The molecule has 1 aliphatic carbocycles. The fraction of sp³-hybridized carbons (Fsp3) is 0.556. The van der Waals surface area contributed by atoms with E-state index in [9.17, 15) is 18.7 Å². The number of carbonyl (C=O) groups excluding carboxylic acids is 1. The zero-order valence-corrected chi connectivity index (χ0v) is 15.5. The molecule has 7 nitrogen and oxygen atoms in total. The van der Waals surface area contributed by atoms with Crippen molar-refractivity contribution in [2.45, 2.75) is 52.0 Å². The molecule has 1 unspecified atom stereocenters. The molecule has 0 spiro atoms. The van der Waals surface area contributed by atoms with Crippen LogP contribution in [0.5, 0.6) is 0 Å². The van der Waals surface area contributed by atoms with Crippen molar-refractivity contribution >= 4 is 5.91 Å². The maximum Gasteiger partial charge on any atom is 0.290 e. The van der Waals surface area contributed by atoms with Crippen LogP contribution in [-0.2, 0) is 12.3 Å². The molecule has 1 aliphatic rings. The molecule has 0 aliphatic heterocycles. The monoisotopic (exact) mass is 379 g/mol. The molecule has 2 aromatic rings. The summed E-state index contributed by atoms with van der Waals surface area (Å²) in [5.41, 5.74) is -0.546. The third kappa shape index (κ3) is 3.69. The number of rotatable bonds is 4. The Morgan fingerprint density at radius 3 is 2.74 bits per heavy atom. The van der Waals surface area contributed by atoms with E-state index >= 15 is 0 Å². The molecular weight excluding hydrogens is 356 g/mol. The van der Waals surface area contributed by atoms with Crippen LogP contribution in [0.3, 0.4) is 0 Å². The van der Waals surface area contributed by atoms with Gasteiger partial charge in [-0.3, -0.25) is 9.78 Å². The molecule has 0 bridgehead atoms. The average molecular weight is 379 g/mol. The maximum atomic E-state index is 14.7. The summed E-state index contributed by atoms with van der Waals surface area (Å²) in [6.45, 7) is 5.35. The van der Waals surface area contributed by atoms with Crippen LogP contribution in [0.15, 0.2) is 18.6 Å². The predicted octanol–water partition coefficient (Wildman–Crippen LogP) is 2.23. The van der Waals surface area contributed by atoms with Crippen molar-refractivity contribution in [1.82, 2.24) is 25.1 Å². The van der Waals surface area contributed by atoms with Gasteiger partial charge in [-0.15, -0.1) is 0 Å². The van der Waals surface area contributed by atoms with Crippen LogP contribution in [0.25, 0.3) is 5.82 Å². The second-order valence-corrected chi connectivity index (χ2v) is 7.78. The summed E-state index contributed by atoms with van der Waals surface area (Å²) >= 11 is 0. The van der Waals surface area contributed by atoms with Gasteiger partial charge in [0.15, 0.2) is 11.5 Å². The van der Waals surface area contributed by atoms with E-state index in [-0.39, 0.29) is 42.2 Å². The first kappa shape index (κ1) is 19.3. The number of aliphatic hydroxyl groups is 1. The van der Waals surface area contributed by atoms with Crippen molar-refractivity contribution in [2.24, 2.45) is 5.41 Å². The fourth-order valence-electron chi connectivity index (χ4n) is 3.18. The van der Waals surface area contributed by atoms with Crippen molar-refractivity contribution < 1.29 is 18.7 Å². The maximum absolute atomic E-state index is 14.7. The van der Waals surface area contributed by atoms with E-state index in [1.165, 1.54) is 18.6 Å². The summed E-state index contributed by atoms with van der Waals surface area (Å²) in [5.74, 6) is -3.57. The Morgan fingerprint density at radius 1 is 1.41 bits per heavy atom. The van der Waals surface area contributed by atoms with Gasteiger partial charge in [0.05, 0.1) is 18.8 Å². The van der Waals surface area contributed by atoms with E-state index in [0.29, 0.717) is 6.42 Å². The minimum Gasteiger partial charge on any atom is -0.394 e. The highest BCUT2D eigenvalue weighted by atomic mass is 19.3. The van der Waals surface area contributed by atoms with Crippen LogP contribution in [0, 0.1) is 5.41 Å². The lowest BCUT2D eigenvalue weighted by atomic mass is 9.87. The Hall–Kier alpha value is -2.42. The van der Waals surface area contributed by atoms with Crippen LogP contribution in [0.1, 0.15) is 55.4 Å². The number of carbonyl (C=O) groups is 1. The van der Waals surface area contributed by atoms with E-state index < -0.39 is 23.3 Å². The van der Waals surface area contributed by atoms with Gasteiger partial charge in [-0.05, 0) is 18.3 Å². The summed E-state index contributed by atoms with van der Waals surface area (Å²) < 4.78 is 30.3. The molecule has 9 heteroatoms. The Balaban J connectivity index is 2.07. The summed E-state index contributed by atoms with van der Waals surface area (Å²) in [4.78, 5) is 20.8. The van der Waals surface area contributed by atoms with Crippen molar-refractivity contribution in [3.8, 4) is 5.82 Å². The Morgan fingerprint density at radius 2 is 2.15 bits per heavy atom. The number of alkyl halides is 2. The van der Waals surface area contributed by atoms with Crippen molar-refractivity contribution in [3.05, 3.63) is 35.5 Å². The normalized spacial score (nSPS) is 17.3. The largest absolute Gasteiger partial charge is 0.394 e. The number of aromatic nitrogens is 4. The molecule has 0 aromatic carbocycles. The summed E-state index contributed by atoms with van der Waals surface area (Å²) in [7, 11) is 0. The molecule has 146 valence electrons. The highest BCUT2D eigenvalue weighted by Gasteiger charge is 2.44. The minimum absolute atomic E-state index is 0.0577. The average Bonchev–Trinajstić information content (AvgIpc) is 3.00. The van der Waals surface area contributed by atoms with Gasteiger partial charge in [-0.25, -0.2) is 9.67 Å². The molecule has 0 saturated heterocycles. The number of aliphatic hydroxyl groups excluding tert-OH is 1. The smallest absolute Gasteiger partial charge is 0.290 e. The van der Waals surface area contributed by atoms with Crippen LogP contribution in [0.2, 0.25) is 0 Å². The van der Waals surface area contributed by atoms with E-state index in [1.54, 1.807) is 0 Å². The summed E-state index contributed by atoms with van der Waals surface area (Å²) in [6.07, 6.45) is 4.41. The van der Waals surface area contributed by atoms with E-state index in [4.69, 9.17) is 0 Å². The molecule has 1 amide bonds. The number of hydrogen-bond acceptors (Lipinski definition) is 5. The molecule has 2 aromatic heterocycles. The quantitative estimate of drug-likeness (QED) is 0.850. The van der Waals surface area contributed by atoms with E-state index in [1.807, 2.05) is 20.8 Å². The molecule has 27 heavy (non-hydrogen) atoms. The van der Waals surface area contributed by atoms with Crippen LogP contribution >= 0.6 is 0 Å². The molecule has 0 radical (unpaired) electrons. The molecule has 0 saturated carbocycles. The van der Waals surface area contributed by atoms with Gasteiger partial charge in [0.1, 0.15) is 5.69 Å². The second kappa shape index (κ2) is 6.95. The minimum atomic E-state index is -3.11. The zero-order valence-electron chi connectivity index (χ0n) is 15.5. The standard InChI is InChI=1S/C18H23F2N5O2/c1-17(2,3)12(10-26)23-16(27)14-11-5-4-6-18(19,20)15(11)25(24-14)13-9-21-7-8-22-13/h7-9,12,26H,4-6,10H2,1-3H3,(H,23,27). The van der Waals surface area contributed by atoms with Crippen molar-refractivity contribution in [3.63, 3.8) is 0 Å². The SMILES string of the molecule is CC(C)(C)C(CO)NC(=O)c1nn(-c2cnccn2)c2c1CCCC2(F)F. The Kier molecular flexibility index (Phi) is 4.98. The second-order valence-electron chi connectivity index (χ2n) is 7.78. The van der Waals surface area contributed by atoms with Gasteiger partial charge >= 0.3 is 0 Å². The van der Waals surface area contributed by atoms with Gasteiger partial charge in [0.25, 0.3) is 11.8 Å². The Labute approximate surface area is 155 Å². The first-order chi connectivity index (χ1) is 12.6. The molecule has 2 heterocycles. The summed E-state index contributed by atoms with van der Waals surface area (Å²) in [6, 6.07) is -0.536. The Bertz CT molecular complexity index is 830. The van der Waals surface area contributed by atoms with Gasteiger partial charge in [0, 0.05) is 24.4 Å². The fourth-order valence-corrected chi connectivity index (χ4v) is 3.18. The predicted molar refractivity (Wildman–Crippen MR) is 93.8 cm³/mol. The van der Waals surface area contributed by atoms with Crippen molar-refractivity contribution in [2.75, 3.05) is 6.61 Å². The molecule has 0 fully saturated rings. The third-order valence-corrected chi connectivity index (χ3v) is 4.76. The lowest BCUT2D eigenvalue weighted by Gasteiger charge is -2.29. The molecular formula is C18H23F2N5O2. The highest BCUT2D eigenvalue weighted by Crippen LogP contribution is 2.42. The topological polar surface area (TPSA) is 92.9 Å². The zero-order chi connectivity index (χ0) is 19.8. The molecule has 2 N–H and O–H groups in total. The lowest BCUT2D eigenvalue weighted by molar-refractivity contribution is -0.0283. The number of halogens is 2.